The van der Waals surface area contributed by atoms with Crippen LogP contribution in [0.15, 0.2) is 42.6 Å². The molecule has 7 nitrogen and oxygen atoms in total. The zero-order valence-corrected chi connectivity index (χ0v) is 15.3. The second-order valence-electron chi connectivity index (χ2n) is 5.88. The van der Waals surface area contributed by atoms with E-state index in [0.717, 1.165) is 6.54 Å². The Balaban J connectivity index is 2.04. The van der Waals surface area contributed by atoms with E-state index in [-0.39, 0.29) is 5.91 Å². The summed E-state index contributed by atoms with van der Waals surface area (Å²) in [6, 6.07) is 10.4. The van der Waals surface area contributed by atoms with Crippen LogP contribution >= 0.6 is 0 Å². The molecule has 0 bridgehead atoms. The summed E-state index contributed by atoms with van der Waals surface area (Å²) in [6.45, 7) is 3.41. The van der Waals surface area contributed by atoms with Gasteiger partial charge in [-0.1, -0.05) is 12.1 Å². The number of pyridine rings is 1. The molecule has 1 aromatic carbocycles. The number of aromatic nitrogens is 1. The number of amides is 1. The molecule has 2 rings (SSSR count). The molecule has 0 saturated heterocycles. The van der Waals surface area contributed by atoms with Crippen molar-refractivity contribution in [3.05, 3.63) is 53.7 Å². The van der Waals surface area contributed by atoms with E-state index in [2.05, 4.69) is 15.6 Å². The Labute approximate surface area is 153 Å². The summed E-state index contributed by atoms with van der Waals surface area (Å²) in [5, 5.41) is 5.92. The Hall–Kier alpha value is -2.93. The summed E-state index contributed by atoms with van der Waals surface area (Å²) >= 11 is 0. The standard InChI is InChI=1S/C19H24N4O3/c1-4-26-19(25)15-7-5-6-8-16(15)22-17-10-9-14(13-21-17)18(24)20-11-12-23(2)3/h5-10,13H,4,11-12H2,1-3H3,(H,20,24)(H,21,22). The van der Waals surface area contributed by atoms with Gasteiger partial charge in [0.25, 0.3) is 5.91 Å². The topological polar surface area (TPSA) is 83.6 Å². The van der Waals surface area contributed by atoms with E-state index < -0.39 is 5.97 Å². The van der Waals surface area contributed by atoms with Crippen molar-refractivity contribution in [2.75, 3.05) is 39.1 Å². The van der Waals surface area contributed by atoms with Crippen molar-refractivity contribution >= 4 is 23.4 Å². The van der Waals surface area contributed by atoms with Crippen molar-refractivity contribution in [2.24, 2.45) is 0 Å². The molecule has 0 spiro atoms. The molecule has 0 radical (unpaired) electrons. The minimum Gasteiger partial charge on any atom is -0.462 e. The summed E-state index contributed by atoms with van der Waals surface area (Å²) in [5.41, 5.74) is 1.51. The highest BCUT2D eigenvalue weighted by Gasteiger charge is 2.12. The van der Waals surface area contributed by atoms with Gasteiger partial charge in [-0.15, -0.1) is 0 Å². The maximum absolute atomic E-state index is 12.1. The Morgan fingerprint density at radius 2 is 1.92 bits per heavy atom. The van der Waals surface area contributed by atoms with Gasteiger partial charge in [-0.2, -0.15) is 0 Å². The number of likely N-dealkylation sites (N-methyl/N-ethyl adjacent to an activating group) is 1. The van der Waals surface area contributed by atoms with Crippen molar-refractivity contribution in [1.82, 2.24) is 15.2 Å². The lowest BCUT2D eigenvalue weighted by Gasteiger charge is -2.12. The molecule has 2 N–H and O–H groups in total. The molecule has 0 saturated carbocycles. The van der Waals surface area contributed by atoms with Crippen LogP contribution in [0.1, 0.15) is 27.6 Å². The van der Waals surface area contributed by atoms with Crippen LogP contribution in [0.3, 0.4) is 0 Å². The molecule has 2 aromatic rings. The summed E-state index contributed by atoms with van der Waals surface area (Å²) in [4.78, 5) is 30.3. The molecule has 1 aromatic heterocycles. The molecule has 1 heterocycles. The minimum absolute atomic E-state index is 0.169. The molecule has 1 amide bonds. The van der Waals surface area contributed by atoms with E-state index in [4.69, 9.17) is 4.74 Å². The van der Waals surface area contributed by atoms with Crippen LogP contribution in [0.25, 0.3) is 0 Å². The largest absolute Gasteiger partial charge is 0.462 e. The predicted octanol–water partition coefficient (Wildman–Crippen LogP) is 2.29. The second-order valence-corrected chi connectivity index (χ2v) is 5.88. The number of esters is 1. The molecule has 0 fully saturated rings. The zero-order valence-electron chi connectivity index (χ0n) is 15.3. The number of nitrogens with one attached hydrogen (secondary N) is 2. The number of rotatable bonds is 8. The Kier molecular flexibility index (Phi) is 7.11. The normalized spacial score (nSPS) is 10.5. The van der Waals surface area contributed by atoms with Crippen LogP contribution in [0, 0.1) is 0 Å². The first kappa shape index (κ1) is 19.4. The first-order valence-corrected chi connectivity index (χ1v) is 8.43. The Morgan fingerprint density at radius 1 is 1.15 bits per heavy atom. The van der Waals surface area contributed by atoms with Gasteiger partial charge in [-0.3, -0.25) is 4.79 Å². The molecule has 0 aliphatic rings. The number of anilines is 2. The lowest BCUT2D eigenvalue weighted by Crippen LogP contribution is -2.31. The lowest BCUT2D eigenvalue weighted by molar-refractivity contribution is 0.0527. The van der Waals surface area contributed by atoms with Crippen molar-refractivity contribution in [1.29, 1.82) is 0 Å². The molecule has 0 aliphatic heterocycles. The fourth-order valence-electron chi connectivity index (χ4n) is 2.21. The van der Waals surface area contributed by atoms with Crippen molar-refractivity contribution in [3.63, 3.8) is 0 Å². The third-order valence-electron chi connectivity index (χ3n) is 3.56. The second kappa shape index (κ2) is 9.53. The average Bonchev–Trinajstić information content (AvgIpc) is 2.62. The van der Waals surface area contributed by atoms with Crippen molar-refractivity contribution in [2.45, 2.75) is 6.92 Å². The first-order valence-electron chi connectivity index (χ1n) is 8.43. The number of hydrogen-bond acceptors (Lipinski definition) is 6. The molecule has 138 valence electrons. The molecule has 7 heteroatoms. The van der Waals surface area contributed by atoms with E-state index in [9.17, 15) is 9.59 Å². The highest BCUT2D eigenvalue weighted by atomic mass is 16.5. The number of para-hydroxylation sites is 1. The molecular formula is C19H24N4O3. The van der Waals surface area contributed by atoms with Gasteiger partial charge < -0.3 is 20.3 Å². The predicted molar refractivity (Wildman–Crippen MR) is 101 cm³/mol. The number of carbonyl (C=O) groups excluding carboxylic acids is 2. The van der Waals surface area contributed by atoms with Gasteiger partial charge in [-0.25, -0.2) is 9.78 Å². The third-order valence-corrected chi connectivity index (χ3v) is 3.56. The van der Waals surface area contributed by atoms with Gasteiger partial charge >= 0.3 is 5.97 Å². The number of hydrogen-bond donors (Lipinski definition) is 2. The maximum Gasteiger partial charge on any atom is 0.340 e. The van der Waals surface area contributed by atoms with Crippen LogP contribution in [0.5, 0.6) is 0 Å². The number of carbonyl (C=O) groups is 2. The number of nitrogens with zero attached hydrogens (tertiary/aromatic N) is 2. The fourth-order valence-corrected chi connectivity index (χ4v) is 2.21. The number of ether oxygens (including phenoxy) is 1. The highest BCUT2D eigenvalue weighted by Crippen LogP contribution is 2.20. The highest BCUT2D eigenvalue weighted by molar-refractivity contribution is 5.96. The smallest absolute Gasteiger partial charge is 0.340 e. The first-order chi connectivity index (χ1) is 12.5. The molecular weight excluding hydrogens is 332 g/mol. The van der Waals surface area contributed by atoms with E-state index in [1.165, 1.54) is 6.20 Å². The fraction of sp³-hybridized carbons (Fsp3) is 0.316. The van der Waals surface area contributed by atoms with Gasteiger partial charge in [0.2, 0.25) is 0 Å². The third kappa shape index (κ3) is 5.56. The molecule has 0 atom stereocenters. The zero-order chi connectivity index (χ0) is 18.9. The maximum atomic E-state index is 12.1. The van der Waals surface area contributed by atoms with Gasteiger partial charge in [0.05, 0.1) is 23.4 Å². The van der Waals surface area contributed by atoms with Crippen LogP contribution in [0.2, 0.25) is 0 Å². The quantitative estimate of drug-likeness (QED) is 0.706. The molecule has 0 unspecified atom stereocenters. The average molecular weight is 356 g/mol. The van der Waals surface area contributed by atoms with E-state index in [0.29, 0.717) is 35.8 Å². The van der Waals surface area contributed by atoms with Crippen molar-refractivity contribution in [3.8, 4) is 0 Å². The van der Waals surface area contributed by atoms with E-state index in [1.807, 2.05) is 25.1 Å². The SMILES string of the molecule is CCOC(=O)c1ccccc1Nc1ccc(C(=O)NCCN(C)C)cn1. The summed E-state index contributed by atoms with van der Waals surface area (Å²) in [5.74, 6) is -0.0306. The lowest BCUT2D eigenvalue weighted by atomic mass is 10.1. The molecule has 0 aliphatic carbocycles. The monoisotopic (exact) mass is 356 g/mol. The van der Waals surface area contributed by atoms with Gasteiger partial charge in [0.1, 0.15) is 5.82 Å². The van der Waals surface area contributed by atoms with Crippen LogP contribution < -0.4 is 10.6 Å². The van der Waals surface area contributed by atoms with Crippen LogP contribution in [0.4, 0.5) is 11.5 Å². The molecule has 26 heavy (non-hydrogen) atoms. The van der Waals surface area contributed by atoms with Gasteiger partial charge in [0, 0.05) is 19.3 Å². The minimum atomic E-state index is -0.396. The van der Waals surface area contributed by atoms with Gasteiger partial charge in [0.15, 0.2) is 0 Å². The summed E-state index contributed by atoms with van der Waals surface area (Å²) in [6.07, 6.45) is 1.50. The van der Waals surface area contributed by atoms with E-state index in [1.54, 1.807) is 37.3 Å². The summed E-state index contributed by atoms with van der Waals surface area (Å²) < 4.78 is 5.06. The Bertz CT molecular complexity index is 745. The van der Waals surface area contributed by atoms with Crippen molar-refractivity contribution < 1.29 is 14.3 Å². The van der Waals surface area contributed by atoms with Gasteiger partial charge in [-0.05, 0) is 45.3 Å². The number of benzene rings is 1. The van der Waals surface area contributed by atoms with Crippen LogP contribution in [-0.4, -0.2) is 55.6 Å². The Morgan fingerprint density at radius 3 is 2.58 bits per heavy atom. The van der Waals surface area contributed by atoms with Crippen LogP contribution in [-0.2, 0) is 4.74 Å². The summed E-state index contributed by atoms with van der Waals surface area (Å²) in [7, 11) is 3.89. The van der Waals surface area contributed by atoms with E-state index >= 15 is 0 Å².